The standard InChI is InChI=1S/C13H15NO2S/c1-15-10-3-4-11(12(7-10)16-2)13(14)9-5-6-17-8-9/h3-8,13H,14H2,1-2H3. The van der Waals surface area contributed by atoms with E-state index in [9.17, 15) is 0 Å². The molecule has 4 heteroatoms. The lowest BCUT2D eigenvalue weighted by Gasteiger charge is -2.15. The van der Waals surface area contributed by atoms with Crippen LogP contribution in [0.5, 0.6) is 11.5 Å². The van der Waals surface area contributed by atoms with E-state index in [2.05, 4.69) is 0 Å². The fourth-order valence-electron chi connectivity index (χ4n) is 1.71. The van der Waals surface area contributed by atoms with Gasteiger partial charge < -0.3 is 15.2 Å². The zero-order valence-corrected chi connectivity index (χ0v) is 10.7. The van der Waals surface area contributed by atoms with Crippen LogP contribution in [0.4, 0.5) is 0 Å². The molecule has 90 valence electrons. The number of methoxy groups -OCH3 is 2. The molecule has 1 aromatic carbocycles. The second kappa shape index (κ2) is 5.21. The van der Waals surface area contributed by atoms with Crippen LogP contribution in [-0.4, -0.2) is 14.2 Å². The van der Waals surface area contributed by atoms with Gasteiger partial charge in [0.1, 0.15) is 11.5 Å². The third-order valence-electron chi connectivity index (χ3n) is 2.68. The van der Waals surface area contributed by atoms with Gasteiger partial charge in [0.05, 0.1) is 20.3 Å². The molecule has 0 bridgehead atoms. The van der Waals surface area contributed by atoms with Crippen LogP contribution in [0.15, 0.2) is 35.0 Å². The Bertz CT molecular complexity index is 482. The molecule has 1 unspecified atom stereocenters. The van der Waals surface area contributed by atoms with Gasteiger partial charge in [-0.1, -0.05) is 0 Å². The summed E-state index contributed by atoms with van der Waals surface area (Å²) in [6.07, 6.45) is 0. The third kappa shape index (κ3) is 2.43. The van der Waals surface area contributed by atoms with Gasteiger partial charge in [-0.15, -0.1) is 0 Å². The van der Waals surface area contributed by atoms with Crippen molar-refractivity contribution in [2.45, 2.75) is 6.04 Å². The first-order valence-electron chi connectivity index (χ1n) is 5.26. The van der Waals surface area contributed by atoms with Crippen LogP contribution in [0.1, 0.15) is 17.2 Å². The molecule has 0 amide bonds. The van der Waals surface area contributed by atoms with Crippen molar-refractivity contribution in [1.82, 2.24) is 0 Å². The first kappa shape index (κ1) is 12.0. The van der Waals surface area contributed by atoms with Crippen LogP contribution in [0.25, 0.3) is 0 Å². The zero-order valence-electron chi connectivity index (χ0n) is 9.84. The molecule has 0 saturated heterocycles. The van der Waals surface area contributed by atoms with Gasteiger partial charge in [0.15, 0.2) is 0 Å². The summed E-state index contributed by atoms with van der Waals surface area (Å²) in [5.74, 6) is 1.52. The van der Waals surface area contributed by atoms with Crippen molar-refractivity contribution in [3.8, 4) is 11.5 Å². The minimum Gasteiger partial charge on any atom is -0.497 e. The Hall–Kier alpha value is -1.52. The van der Waals surface area contributed by atoms with Crippen LogP contribution >= 0.6 is 11.3 Å². The third-order valence-corrected chi connectivity index (χ3v) is 3.38. The molecule has 2 rings (SSSR count). The van der Waals surface area contributed by atoms with Crippen LogP contribution in [0, 0.1) is 0 Å². The van der Waals surface area contributed by atoms with E-state index in [1.807, 2.05) is 35.0 Å². The smallest absolute Gasteiger partial charge is 0.127 e. The maximum Gasteiger partial charge on any atom is 0.127 e. The molecule has 1 heterocycles. The molecule has 0 aliphatic carbocycles. The summed E-state index contributed by atoms with van der Waals surface area (Å²) in [6.45, 7) is 0. The highest BCUT2D eigenvalue weighted by Gasteiger charge is 2.14. The van der Waals surface area contributed by atoms with Gasteiger partial charge in [-0.05, 0) is 34.5 Å². The summed E-state index contributed by atoms with van der Waals surface area (Å²) in [6, 6.07) is 7.55. The lowest BCUT2D eigenvalue weighted by molar-refractivity contribution is 0.390. The highest BCUT2D eigenvalue weighted by atomic mass is 32.1. The topological polar surface area (TPSA) is 44.5 Å². The second-order valence-electron chi connectivity index (χ2n) is 3.64. The molecule has 2 aromatic rings. The van der Waals surface area contributed by atoms with Gasteiger partial charge in [-0.2, -0.15) is 11.3 Å². The number of hydrogen-bond donors (Lipinski definition) is 1. The molecule has 3 nitrogen and oxygen atoms in total. The van der Waals surface area contributed by atoms with Gasteiger partial charge >= 0.3 is 0 Å². The Labute approximate surface area is 105 Å². The van der Waals surface area contributed by atoms with E-state index in [1.165, 1.54) is 0 Å². The molecule has 2 N–H and O–H groups in total. The minimum atomic E-state index is -0.165. The lowest BCUT2D eigenvalue weighted by Crippen LogP contribution is -2.12. The van der Waals surface area contributed by atoms with E-state index in [4.69, 9.17) is 15.2 Å². The quantitative estimate of drug-likeness (QED) is 0.906. The fraction of sp³-hybridized carbons (Fsp3) is 0.231. The van der Waals surface area contributed by atoms with Crippen LogP contribution < -0.4 is 15.2 Å². The van der Waals surface area contributed by atoms with Gasteiger partial charge in [0.25, 0.3) is 0 Å². The van der Waals surface area contributed by atoms with Crippen molar-refractivity contribution in [3.05, 3.63) is 46.2 Å². The van der Waals surface area contributed by atoms with Crippen LogP contribution in [0.3, 0.4) is 0 Å². The Kier molecular flexibility index (Phi) is 3.66. The highest BCUT2D eigenvalue weighted by molar-refractivity contribution is 7.08. The molecule has 0 spiro atoms. The first-order chi connectivity index (χ1) is 8.26. The van der Waals surface area contributed by atoms with E-state index in [0.717, 1.165) is 22.6 Å². The normalized spacial score (nSPS) is 12.2. The highest BCUT2D eigenvalue weighted by Crippen LogP contribution is 2.32. The zero-order chi connectivity index (χ0) is 12.3. The molecule has 1 atom stereocenters. The number of hydrogen-bond acceptors (Lipinski definition) is 4. The summed E-state index contributed by atoms with van der Waals surface area (Å²) in [4.78, 5) is 0. The van der Waals surface area contributed by atoms with Gasteiger partial charge in [0, 0.05) is 11.6 Å². The van der Waals surface area contributed by atoms with Crippen molar-refractivity contribution in [2.24, 2.45) is 5.73 Å². The molecule has 17 heavy (non-hydrogen) atoms. The largest absolute Gasteiger partial charge is 0.497 e. The summed E-state index contributed by atoms with van der Waals surface area (Å²) >= 11 is 1.64. The maximum absolute atomic E-state index is 6.21. The predicted octanol–water partition coefficient (Wildman–Crippen LogP) is 2.81. The summed E-state index contributed by atoms with van der Waals surface area (Å²) < 4.78 is 10.5. The molecular formula is C13H15NO2S. The van der Waals surface area contributed by atoms with E-state index in [1.54, 1.807) is 25.6 Å². The molecule has 0 saturated carbocycles. The van der Waals surface area contributed by atoms with Crippen molar-refractivity contribution < 1.29 is 9.47 Å². The SMILES string of the molecule is COc1ccc(C(N)c2ccsc2)c(OC)c1. The summed E-state index contributed by atoms with van der Waals surface area (Å²) in [5.41, 5.74) is 8.27. The second-order valence-corrected chi connectivity index (χ2v) is 4.42. The maximum atomic E-state index is 6.21. The average molecular weight is 249 g/mol. The van der Waals surface area contributed by atoms with Gasteiger partial charge in [0.2, 0.25) is 0 Å². The van der Waals surface area contributed by atoms with Gasteiger partial charge in [-0.25, -0.2) is 0 Å². The summed E-state index contributed by atoms with van der Waals surface area (Å²) in [7, 11) is 3.27. The molecule has 0 aliphatic heterocycles. The lowest BCUT2D eigenvalue weighted by atomic mass is 10.0. The monoisotopic (exact) mass is 249 g/mol. The molecule has 0 fully saturated rings. The minimum absolute atomic E-state index is 0.165. The summed E-state index contributed by atoms with van der Waals surface area (Å²) in [5, 5.41) is 4.07. The molecule has 0 aliphatic rings. The number of ether oxygens (including phenoxy) is 2. The van der Waals surface area contributed by atoms with E-state index in [-0.39, 0.29) is 6.04 Å². The number of nitrogens with two attached hydrogens (primary N) is 1. The number of thiophene rings is 1. The van der Waals surface area contributed by atoms with E-state index < -0.39 is 0 Å². The van der Waals surface area contributed by atoms with Crippen molar-refractivity contribution in [1.29, 1.82) is 0 Å². The Morgan fingerprint density at radius 3 is 2.59 bits per heavy atom. The van der Waals surface area contributed by atoms with E-state index in [0.29, 0.717) is 0 Å². The van der Waals surface area contributed by atoms with Crippen molar-refractivity contribution in [2.75, 3.05) is 14.2 Å². The Morgan fingerprint density at radius 1 is 1.18 bits per heavy atom. The van der Waals surface area contributed by atoms with Crippen LogP contribution in [-0.2, 0) is 0 Å². The van der Waals surface area contributed by atoms with Gasteiger partial charge in [-0.3, -0.25) is 0 Å². The first-order valence-corrected chi connectivity index (χ1v) is 6.20. The number of rotatable bonds is 4. The van der Waals surface area contributed by atoms with Crippen LogP contribution in [0.2, 0.25) is 0 Å². The van der Waals surface area contributed by atoms with Crippen molar-refractivity contribution in [3.63, 3.8) is 0 Å². The molecule has 1 aromatic heterocycles. The molecule has 0 radical (unpaired) electrons. The van der Waals surface area contributed by atoms with Crippen molar-refractivity contribution >= 4 is 11.3 Å². The predicted molar refractivity (Wildman–Crippen MR) is 69.9 cm³/mol. The Morgan fingerprint density at radius 2 is 2.00 bits per heavy atom. The number of benzene rings is 1. The fourth-order valence-corrected chi connectivity index (χ4v) is 2.40. The molecular weight excluding hydrogens is 234 g/mol. The Balaban J connectivity index is 2.38. The van der Waals surface area contributed by atoms with E-state index >= 15 is 0 Å². The average Bonchev–Trinajstić information content (AvgIpc) is 2.91.